The topological polar surface area (TPSA) is 45.2 Å². The molecule has 0 bridgehead atoms. The van der Waals surface area contributed by atoms with Crippen molar-refractivity contribution in [1.29, 1.82) is 0 Å². The second kappa shape index (κ2) is 8.81. The van der Waals surface area contributed by atoms with Gasteiger partial charge in [0.2, 0.25) is 5.91 Å². The lowest BCUT2D eigenvalue weighted by Crippen LogP contribution is -2.40. The molecule has 2 heterocycles. The zero-order valence-electron chi connectivity index (χ0n) is 15.6. The van der Waals surface area contributed by atoms with Gasteiger partial charge in [0, 0.05) is 29.1 Å². The Morgan fingerprint density at radius 1 is 1.22 bits per heavy atom. The largest absolute Gasteiger partial charge is 0.326 e. The van der Waals surface area contributed by atoms with Crippen LogP contribution >= 0.6 is 11.3 Å². The molecule has 1 saturated heterocycles. The molecule has 2 aromatic rings. The van der Waals surface area contributed by atoms with Gasteiger partial charge in [-0.15, -0.1) is 11.3 Å². The van der Waals surface area contributed by atoms with Gasteiger partial charge in [-0.3, -0.25) is 4.79 Å². The van der Waals surface area contributed by atoms with Crippen molar-refractivity contribution in [2.24, 2.45) is 11.8 Å². The smallest absolute Gasteiger partial charge is 0.227 e. The van der Waals surface area contributed by atoms with Crippen LogP contribution in [0.5, 0.6) is 0 Å². The Morgan fingerprint density at radius 2 is 2.11 bits per heavy atom. The molecule has 5 heteroatoms. The van der Waals surface area contributed by atoms with E-state index in [4.69, 9.17) is 0 Å². The molecule has 1 N–H and O–H groups in total. The Balaban J connectivity index is 1.28. The molecular formula is C22H27N3OS. The van der Waals surface area contributed by atoms with Gasteiger partial charge >= 0.3 is 0 Å². The molecule has 1 aromatic carbocycles. The second-order valence-electron chi connectivity index (χ2n) is 7.67. The zero-order valence-corrected chi connectivity index (χ0v) is 16.5. The molecule has 1 amide bonds. The number of amides is 1. The molecule has 4 nitrogen and oxygen atoms in total. The predicted octanol–water partition coefficient (Wildman–Crippen LogP) is 4.82. The van der Waals surface area contributed by atoms with E-state index in [0.717, 1.165) is 48.8 Å². The van der Waals surface area contributed by atoms with E-state index in [1.807, 2.05) is 35.2 Å². The number of allylic oxidation sites excluding steroid dienone is 2. The third kappa shape index (κ3) is 4.85. The van der Waals surface area contributed by atoms with E-state index in [1.54, 1.807) is 11.3 Å². The highest BCUT2D eigenvalue weighted by molar-refractivity contribution is 7.07. The first-order valence-electron chi connectivity index (χ1n) is 9.95. The molecule has 1 aliphatic carbocycles. The van der Waals surface area contributed by atoms with Gasteiger partial charge in [-0.2, -0.15) is 0 Å². The van der Waals surface area contributed by atoms with Crippen LogP contribution < -0.4 is 5.32 Å². The van der Waals surface area contributed by atoms with Crippen molar-refractivity contribution in [3.05, 3.63) is 47.3 Å². The first-order chi connectivity index (χ1) is 13.3. The molecule has 1 atom stereocenters. The molecular weight excluding hydrogens is 354 g/mol. The fourth-order valence-corrected chi connectivity index (χ4v) is 4.68. The number of piperidine rings is 1. The Hall–Kier alpha value is -1.98. The monoisotopic (exact) mass is 381 g/mol. The molecule has 1 aliphatic heterocycles. The van der Waals surface area contributed by atoms with Crippen molar-refractivity contribution in [2.75, 3.05) is 25.0 Å². The van der Waals surface area contributed by atoms with Crippen molar-refractivity contribution in [1.82, 2.24) is 9.88 Å². The highest BCUT2D eigenvalue weighted by Crippen LogP contribution is 2.26. The predicted molar refractivity (Wildman–Crippen MR) is 112 cm³/mol. The molecule has 0 saturated carbocycles. The second-order valence-corrected chi connectivity index (χ2v) is 8.39. The van der Waals surface area contributed by atoms with Crippen LogP contribution in [0.25, 0.3) is 11.3 Å². The summed E-state index contributed by atoms with van der Waals surface area (Å²) in [6.07, 6.45) is 10.3. The van der Waals surface area contributed by atoms with Gasteiger partial charge in [-0.05, 0) is 63.2 Å². The summed E-state index contributed by atoms with van der Waals surface area (Å²) in [5.74, 6) is 1.08. The van der Waals surface area contributed by atoms with Gasteiger partial charge in [-0.25, -0.2) is 4.98 Å². The summed E-state index contributed by atoms with van der Waals surface area (Å²) >= 11 is 1.58. The van der Waals surface area contributed by atoms with Gasteiger partial charge in [0.05, 0.1) is 11.2 Å². The highest BCUT2D eigenvalue weighted by Gasteiger charge is 2.26. The quantitative estimate of drug-likeness (QED) is 0.756. The maximum absolute atomic E-state index is 12.7. The normalized spacial score (nSPS) is 21.3. The van der Waals surface area contributed by atoms with Crippen molar-refractivity contribution in [2.45, 2.75) is 32.1 Å². The average Bonchev–Trinajstić information content (AvgIpc) is 3.24. The molecule has 0 unspecified atom stereocenters. The van der Waals surface area contributed by atoms with Gasteiger partial charge in [0.15, 0.2) is 0 Å². The summed E-state index contributed by atoms with van der Waals surface area (Å²) in [6.45, 7) is 3.27. The molecule has 1 fully saturated rings. The Bertz CT molecular complexity index is 779. The number of aromatic nitrogens is 1. The summed E-state index contributed by atoms with van der Waals surface area (Å²) in [5.41, 5.74) is 4.70. The number of thiazole rings is 1. The lowest BCUT2D eigenvalue weighted by atomic mass is 9.91. The van der Waals surface area contributed by atoms with Crippen LogP contribution in [0, 0.1) is 11.8 Å². The third-order valence-corrected chi connectivity index (χ3v) is 6.30. The van der Waals surface area contributed by atoms with E-state index in [2.05, 4.69) is 27.4 Å². The molecule has 4 rings (SSSR count). The minimum atomic E-state index is 0.121. The number of hydrogen-bond donors (Lipinski definition) is 1. The van der Waals surface area contributed by atoms with Crippen LogP contribution in [-0.4, -0.2) is 35.4 Å². The van der Waals surface area contributed by atoms with E-state index in [0.29, 0.717) is 0 Å². The molecule has 2 aliphatic rings. The van der Waals surface area contributed by atoms with Crippen LogP contribution in [-0.2, 0) is 4.79 Å². The standard InChI is InChI=1S/C22H27N3OS/c26-22(24-20-8-4-7-19(13-20)21-15-27-16-23-21)18-9-11-25(12-10-18)14-17-5-2-1-3-6-17/h1-2,4,7-8,13,15-18H,3,5-6,9-12,14H2,(H,24,26)/t17-/m1/s1. The Morgan fingerprint density at radius 3 is 2.85 bits per heavy atom. The summed E-state index contributed by atoms with van der Waals surface area (Å²) in [6, 6.07) is 7.98. The minimum absolute atomic E-state index is 0.121. The number of likely N-dealkylation sites (tertiary alicyclic amines) is 1. The summed E-state index contributed by atoms with van der Waals surface area (Å²) in [4.78, 5) is 19.6. The summed E-state index contributed by atoms with van der Waals surface area (Å²) in [5, 5.41) is 5.15. The number of hydrogen-bond acceptors (Lipinski definition) is 4. The first-order valence-corrected chi connectivity index (χ1v) is 10.9. The van der Waals surface area contributed by atoms with E-state index < -0.39 is 0 Å². The van der Waals surface area contributed by atoms with E-state index in [9.17, 15) is 4.79 Å². The number of anilines is 1. The maximum atomic E-state index is 12.7. The van der Waals surface area contributed by atoms with Gasteiger partial charge in [0.1, 0.15) is 0 Å². The Kier molecular flexibility index (Phi) is 6.00. The van der Waals surface area contributed by atoms with Crippen molar-refractivity contribution in [3.8, 4) is 11.3 Å². The number of nitrogens with one attached hydrogen (secondary N) is 1. The van der Waals surface area contributed by atoms with E-state index >= 15 is 0 Å². The van der Waals surface area contributed by atoms with Crippen LogP contribution in [0.2, 0.25) is 0 Å². The van der Waals surface area contributed by atoms with Gasteiger partial charge < -0.3 is 10.2 Å². The van der Waals surface area contributed by atoms with Gasteiger partial charge in [0.25, 0.3) is 0 Å². The maximum Gasteiger partial charge on any atom is 0.227 e. The zero-order chi connectivity index (χ0) is 18.5. The highest BCUT2D eigenvalue weighted by atomic mass is 32.1. The lowest BCUT2D eigenvalue weighted by Gasteiger charge is -2.34. The number of carbonyl (C=O) groups is 1. The number of rotatable bonds is 5. The Labute approximate surface area is 165 Å². The molecule has 27 heavy (non-hydrogen) atoms. The van der Waals surface area contributed by atoms with E-state index in [-0.39, 0.29) is 11.8 Å². The SMILES string of the molecule is O=C(Nc1cccc(-c2cscn2)c1)C1CCN(C[C@@H]2CC=CCC2)CC1. The van der Waals surface area contributed by atoms with Crippen molar-refractivity contribution < 1.29 is 4.79 Å². The fraction of sp³-hybridized carbons (Fsp3) is 0.455. The number of carbonyl (C=O) groups excluding carboxylic acids is 1. The molecule has 0 spiro atoms. The average molecular weight is 382 g/mol. The summed E-state index contributed by atoms with van der Waals surface area (Å²) in [7, 11) is 0. The molecule has 142 valence electrons. The van der Waals surface area contributed by atoms with E-state index in [1.165, 1.54) is 25.8 Å². The molecule has 1 aromatic heterocycles. The van der Waals surface area contributed by atoms with Gasteiger partial charge in [-0.1, -0.05) is 24.3 Å². The van der Waals surface area contributed by atoms with Crippen molar-refractivity contribution in [3.63, 3.8) is 0 Å². The van der Waals surface area contributed by atoms with Crippen LogP contribution in [0.15, 0.2) is 47.3 Å². The number of benzene rings is 1. The first kappa shape index (κ1) is 18.4. The fourth-order valence-electron chi connectivity index (χ4n) is 4.12. The number of nitrogens with zero attached hydrogens (tertiary/aromatic N) is 2. The summed E-state index contributed by atoms with van der Waals surface area (Å²) < 4.78 is 0. The van der Waals surface area contributed by atoms with Crippen LogP contribution in [0.1, 0.15) is 32.1 Å². The van der Waals surface area contributed by atoms with Crippen LogP contribution in [0.3, 0.4) is 0 Å². The van der Waals surface area contributed by atoms with Crippen molar-refractivity contribution >= 4 is 22.9 Å². The molecule has 0 radical (unpaired) electrons. The van der Waals surface area contributed by atoms with Crippen LogP contribution in [0.4, 0.5) is 5.69 Å². The lowest BCUT2D eigenvalue weighted by molar-refractivity contribution is -0.121. The minimum Gasteiger partial charge on any atom is -0.326 e. The third-order valence-electron chi connectivity index (χ3n) is 5.71.